The Labute approximate surface area is 120 Å². The highest BCUT2D eigenvalue weighted by atomic mass is 35.5. The summed E-state index contributed by atoms with van der Waals surface area (Å²) >= 11 is 5.91. The number of alkyl halides is 4. The minimum atomic E-state index is -4.71. The molecule has 1 atom stereocenters. The Hall–Kier alpha value is -0.790. The van der Waals surface area contributed by atoms with E-state index in [2.05, 4.69) is 0 Å². The smallest absolute Gasteiger partial charge is 0.207 e. The summed E-state index contributed by atoms with van der Waals surface area (Å²) < 4.78 is 64.5. The predicted octanol–water partition coefficient (Wildman–Crippen LogP) is 3.10. The van der Waals surface area contributed by atoms with Gasteiger partial charge in [-0.15, -0.1) is 11.6 Å². The van der Waals surface area contributed by atoms with E-state index in [4.69, 9.17) is 11.6 Å². The van der Waals surface area contributed by atoms with E-state index in [0.29, 0.717) is 12.8 Å². The number of halogens is 4. The van der Waals surface area contributed by atoms with Gasteiger partial charge in [0.25, 0.3) is 0 Å². The van der Waals surface area contributed by atoms with Gasteiger partial charge in [-0.25, -0.2) is 8.42 Å². The maximum Gasteiger partial charge on any atom is 0.417 e. The fraction of sp³-hybridized carbons (Fsp3) is 0.500. The molecule has 0 N–H and O–H groups in total. The Morgan fingerprint density at radius 3 is 2.50 bits per heavy atom. The zero-order valence-corrected chi connectivity index (χ0v) is 12.0. The molecule has 1 aliphatic heterocycles. The summed E-state index contributed by atoms with van der Waals surface area (Å²) in [6.45, 7) is 0.230. The van der Waals surface area contributed by atoms with Gasteiger partial charge in [0.05, 0.1) is 10.5 Å². The third-order valence-electron chi connectivity index (χ3n) is 3.14. The average molecular weight is 328 g/mol. The minimum Gasteiger partial charge on any atom is -0.207 e. The van der Waals surface area contributed by atoms with Crippen LogP contribution < -0.4 is 0 Å². The Kier molecular flexibility index (Phi) is 4.32. The Morgan fingerprint density at radius 2 is 1.90 bits per heavy atom. The zero-order valence-electron chi connectivity index (χ0n) is 10.4. The number of rotatable bonds is 2. The molecule has 1 heterocycles. The van der Waals surface area contributed by atoms with Crippen LogP contribution in [0.5, 0.6) is 0 Å². The number of sulfonamides is 1. The van der Waals surface area contributed by atoms with E-state index in [1.165, 1.54) is 12.1 Å². The van der Waals surface area contributed by atoms with E-state index in [1.807, 2.05) is 0 Å². The third kappa shape index (κ3) is 3.10. The lowest BCUT2D eigenvalue weighted by Crippen LogP contribution is -2.40. The van der Waals surface area contributed by atoms with E-state index in [0.717, 1.165) is 16.4 Å². The summed E-state index contributed by atoms with van der Waals surface area (Å²) in [5.74, 6) is 0. The van der Waals surface area contributed by atoms with Gasteiger partial charge in [0.1, 0.15) is 0 Å². The van der Waals surface area contributed by atoms with Crippen LogP contribution in [0.3, 0.4) is 0 Å². The van der Waals surface area contributed by atoms with E-state index in [9.17, 15) is 21.6 Å². The van der Waals surface area contributed by atoms with Gasteiger partial charge in [-0.3, -0.25) is 0 Å². The van der Waals surface area contributed by atoms with Gasteiger partial charge in [-0.2, -0.15) is 17.5 Å². The summed E-state index contributed by atoms with van der Waals surface area (Å²) in [5, 5.41) is -0.364. The first kappa shape index (κ1) is 15.6. The molecule has 0 saturated carbocycles. The molecule has 1 aromatic carbocycles. The highest BCUT2D eigenvalue weighted by molar-refractivity contribution is 7.89. The SMILES string of the molecule is O=S(=O)(c1ccccc1C(F)(F)F)N1CCCC(Cl)C1. The van der Waals surface area contributed by atoms with Crippen molar-refractivity contribution >= 4 is 21.6 Å². The average Bonchev–Trinajstić information content (AvgIpc) is 2.38. The van der Waals surface area contributed by atoms with Crippen molar-refractivity contribution < 1.29 is 21.6 Å². The monoisotopic (exact) mass is 327 g/mol. The van der Waals surface area contributed by atoms with Crippen LogP contribution in [0.25, 0.3) is 0 Å². The standard InChI is InChI=1S/C12H13ClF3NO2S/c13-9-4-3-7-17(8-9)20(18,19)11-6-2-1-5-10(11)12(14,15)16/h1-2,5-6,9H,3-4,7-8H2. The molecule has 0 aromatic heterocycles. The highest BCUT2D eigenvalue weighted by Gasteiger charge is 2.39. The van der Waals surface area contributed by atoms with E-state index in [-0.39, 0.29) is 18.5 Å². The van der Waals surface area contributed by atoms with Crippen LogP contribution in [0.2, 0.25) is 0 Å². The molecule has 0 spiro atoms. The van der Waals surface area contributed by atoms with Crippen molar-refractivity contribution in [3.63, 3.8) is 0 Å². The normalized spacial score (nSPS) is 21.9. The molecule has 1 aliphatic rings. The van der Waals surface area contributed by atoms with Gasteiger partial charge in [-0.05, 0) is 25.0 Å². The lowest BCUT2D eigenvalue weighted by Gasteiger charge is -2.29. The maximum absolute atomic E-state index is 12.9. The van der Waals surface area contributed by atoms with Crippen LogP contribution in [0, 0.1) is 0 Å². The van der Waals surface area contributed by atoms with Crippen molar-refractivity contribution in [1.82, 2.24) is 4.31 Å². The molecule has 3 nitrogen and oxygen atoms in total. The second-order valence-electron chi connectivity index (χ2n) is 4.60. The number of hydrogen-bond donors (Lipinski definition) is 0. The molecule has 0 amide bonds. The molecule has 1 unspecified atom stereocenters. The largest absolute Gasteiger partial charge is 0.417 e. The van der Waals surface area contributed by atoms with Gasteiger partial charge in [0.2, 0.25) is 10.0 Å². The topological polar surface area (TPSA) is 37.4 Å². The molecule has 0 aliphatic carbocycles. The van der Waals surface area contributed by atoms with Gasteiger partial charge in [0.15, 0.2) is 0 Å². The highest BCUT2D eigenvalue weighted by Crippen LogP contribution is 2.35. The first-order valence-electron chi connectivity index (χ1n) is 6.03. The summed E-state index contributed by atoms with van der Waals surface area (Å²) in [5.41, 5.74) is -1.14. The second kappa shape index (κ2) is 5.54. The molecule has 2 rings (SSSR count). The molecule has 8 heteroatoms. The van der Waals surface area contributed by atoms with E-state index in [1.54, 1.807) is 0 Å². The van der Waals surface area contributed by atoms with Crippen LogP contribution in [-0.4, -0.2) is 31.2 Å². The van der Waals surface area contributed by atoms with Crippen LogP contribution in [0.1, 0.15) is 18.4 Å². The summed E-state index contributed by atoms with van der Waals surface area (Å²) in [6, 6.07) is 4.21. The van der Waals surface area contributed by atoms with Crippen molar-refractivity contribution in [3.8, 4) is 0 Å². The van der Waals surface area contributed by atoms with Crippen molar-refractivity contribution in [1.29, 1.82) is 0 Å². The quantitative estimate of drug-likeness (QED) is 0.783. The molecular formula is C12H13ClF3NO2S. The van der Waals surface area contributed by atoms with Crippen molar-refractivity contribution in [2.24, 2.45) is 0 Å². The van der Waals surface area contributed by atoms with Gasteiger partial charge in [0, 0.05) is 18.5 Å². The van der Waals surface area contributed by atoms with Crippen molar-refractivity contribution in [2.45, 2.75) is 29.3 Å². The van der Waals surface area contributed by atoms with Crippen LogP contribution in [-0.2, 0) is 16.2 Å². The first-order valence-corrected chi connectivity index (χ1v) is 7.91. The molecule has 1 fully saturated rings. The molecule has 112 valence electrons. The van der Waals surface area contributed by atoms with Gasteiger partial charge >= 0.3 is 6.18 Å². The number of hydrogen-bond acceptors (Lipinski definition) is 2. The molecule has 0 bridgehead atoms. The maximum atomic E-state index is 12.9. The Bertz CT molecular complexity index is 589. The van der Waals surface area contributed by atoms with Crippen molar-refractivity contribution in [2.75, 3.05) is 13.1 Å². The fourth-order valence-electron chi connectivity index (χ4n) is 2.18. The number of nitrogens with zero attached hydrogens (tertiary/aromatic N) is 1. The number of benzene rings is 1. The van der Waals surface area contributed by atoms with Crippen LogP contribution >= 0.6 is 11.6 Å². The van der Waals surface area contributed by atoms with Gasteiger partial charge < -0.3 is 0 Å². The lowest BCUT2D eigenvalue weighted by molar-refractivity contribution is -0.139. The minimum absolute atomic E-state index is 0.0378. The first-order chi connectivity index (χ1) is 9.23. The Morgan fingerprint density at radius 1 is 1.25 bits per heavy atom. The fourth-order valence-corrected chi connectivity index (χ4v) is 4.31. The molecule has 1 aromatic rings. The number of piperidine rings is 1. The third-order valence-corrected chi connectivity index (χ3v) is 5.42. The van der Waals surface area contributed by atoms with E-state index < -0.39 is 26.7 Å². The summed E-state index contributed by atoms with van der Waals surface area (Å²) in [6.07, 6.45) is -3.50. The summed E-state index contributed by atoms with van der Waals surface area (Å²) in [7, 11) is -4.18. The molecule has 20 heavy (non-hydrogen) atoms. The van der Waals surface area contributed by atoms with Crippen LogP contribution in [0.4, 0.5) is 13.2 Å². The Balaban J connectivity index is 2.45. The summed E-state index contributed by atoms with van der Waals surface area (Å²) in [4.78, 5) is -0.710. The lowest BCUT2D eigenvalue weighted by atomic mass is 10.2. The molecule has 0 radical (unpaired) electrons. The van der Waals surface area contributed by atoms with E-state index >= 15 is 0 Å². The second-order valence-corrected chi connectivity index (χ2v) is 7.12. The van der Waals surface area contributed by atoms with Crippen molar-refractivity contribution in [3.05, 3.63) is 29.8 Å². The molecule has 1 saturated heterocycles. The zero-order chi connectivity index (χ0) is 15.0. The van der Waals surface area contributed by atoms with Crippen LogP contribution in [0.15, 0.2) is 29.2 Å². The molecular weight excluding hydrogens is 315 g/mol. The van der Waals surface area contributed by atoms with Gasteiger partial charge in [-0.1, -0.05) is 12.1 Å². The predicted molar refractivity (Wildman–Crippen MR) is 69.1 cm³/mol.